The molecular formula is C17H24F2N4O3S. The molecule has 0 unspecified atom stereocenters. The Labute approximate surface area is 162 Å². The predicted molar refractivity (Wildman–Crippen MR) is 103 cm³/mol. The van der Waals surface area contributed by atoms with E-state index in [4.69, 9.17) is 21.7 Å². The maximum Gasteiger partial charge on any atom is 0.387 e. The number of nitrogens with zero attached hydrogens (tertiary/aromatic N) is 2. The first-order valence-corrected chi connectivity index (χ1v) is 8.99. The molecule has 0 aromatic heterocycles. The first-order chi connectivity index (χ1) is 13.1. The summed E-state index contributed by atoms with van der Waals surface area (Å²) in [5, 5.41) is 7.52. The van der Waals surface area contributed by atoms with E-state index >= 15 is 0 Å². The van der Waals surface area contributed by atoms with Crippen molar-refractivity contribution in [3.63, 3.8) is 0 Å². The second kappa shape index (κ2) is 11.6. The highest BCUT2D eigenvalue weighted by Crippen LogP contribution is 2.28. The lowest BCUT2D eigenvalue weighted by Gasteiger charge is -2.26. The van der Waals surface area contributed by atoms with Gasteiger partial charge < -0.3 is 19.5 Å². The normalized spacial score (nSPS) is 15.1. The number of ether oxygens (including phenoxy) is 3. The molecule has 0 saturated carbocycles. The fourth-order valence-corrected chi connectivity index (χ4v) is 2.65. The Balaban J connectivity index is 1.70. The smallest absolute Gasteiger partial charge is 0.387 e. The molecule has 0 spiro atoms. The van der Waals surface area contributed by atoms with Crippen molar-refractivity contribution in [1.82, 2.24) is 15.6 Å². The van der Waals surface area contributed by atoms with Crippen molar-refractivity contribution in [2.24, 2.45) is 5.10 Å². The van der Waals surface area contributed by atoms with Crippen molar-refractivity contribution < 1.29 is 23.0 Å². The minimum atomic E-state index is -2.91. The largest absolute Gasteiger partial charge is 0.493 e. The maximum absolute atomic E-state index is 12.3. The van der Waals surface area contributed by atoms with E-state index in [-0.39, 0.29) is 11.5 Å². The molecule has 0 atom stereocenters. The van der Waals surface area contributed by atoms with Crippen LogP contribution >= 0.6 is 12.2 Å². The molecule has 0 aliphatic carbocycles. The Kier molecular flexibility index (Phi) is 9.16. The summed E-state index contributed by atoms with van der Waals surface area (Å²) in [5.74, 6) is 0.165. The quantitative estimate of drug-likeness (QED) is 0.283. The Morgan fingerprint density at radius 3 is 2.85 bits per heavy atom. The average molecular weight is 402 g/mol. The van der Waals surface area contributed by atoms with Crippen LogP contribution in [0.5, 0.6) is 11.5 Å². The fourth-order valence-electron chi connectivity index (χ4n) is 2.49. The predicted octanol–water partition coefficient (Wildman–Crippen LogP) is 1.82. The molecule has 1 aliphatic heterocycles. The number of hydrazone groups is 1. The summed E-state index contributed by atoms with van der Waals surface area (Å²) in [7, 11) is 1.38. The second-order valence-corrected chi connectivity index (χ2v) is 6.13. The van der Waals surface area contributed by atoms with Crippen LogP contribution in [0.2, 0.25) is 0 Å². The second-order valence-electron chi connectivity index (χ2n) is 5.72. The number of rotatable bonds is 9. The molecule has 1 saturated heterocycles. The van der Waals surface area contributed by atoms with Crippen LogP contribution in [0, 0.1) is 0 Å². The van der Waals surface area contributed by atoms with Gasteiger partial charge in [0.25, 0.3) is 0 Å². The Morgan fingerprint density at radius 2 is 2.15 bits per heavy atom. The van der Waals surface area contributed by atoms with Crippen LogP contribution in [0.3, 0.4) is 0 Å². The van der Waals surface area contributed by atoms with Crippen LogP contribution in [-0.2, 0) is 4.74 Å². The van der Waals surface area contributed by atoms with Gasteiger partial charge in [-0.15, -0.1) is 0 Å². The zero-order valence-corrected chi connectivity index (χ0v) is 15.9. The Morgan fingerprint density at radius 1 is 1.37 bits per heavy atom. The van der Waals surface area contributed by atoms with Gasteiger partial charge in [0.05, 0.1) is 26.5 Å². The van der Waals surface area contributed by atoms with Gasteiger partial charge in [-0.05, 0) is 48.9 Å². The van der Waals surface area contributed by atoms with E-state index < -0.39 is 6.61 Å². The highest BCUT2D eigenvalue weighted by atomic mass is 32.1. The van der Waals surface area contributed by atoms with Crippen LogP contribution in [0.25, 0.3) is 0 Å². The molecule has 0 amide bonds. The van der Waals surface area contributed by atoms with Crippen molar-refractivity contribution in [3.8, 4) is 11.5 Å². The van der Waals surface area contributed by atoms with Gasteiger partial charge in [0.2, 0.25) is 0 Å². The topological polar surface area (TPSA) is 67.4 Å². The summed E-state index contributed by atoms with van der Waals surface area (Å²) in [4.78, 5) is 2.36. The summed E-state index contributed by atoms with van der Waals surface area (Å²) in [6, 6.07) is 4.53. The molecule has 0 bridgehead atoms. The molecule has 150 valence electrons. The van der Waals surface area contributed by atoms with Crippen molar-refractivity contribution in [2.75, 3.05) is 46.5 Å². The van der Waals surface area contributed by atoms with Gasteiger partial charge in [-0.25, -0.2) is 0 Å². The van der Waals surface area contributed by atoms with E-state index in [2.05, 4.69) is 25.5 Å². The van der Waals surface area contributed by atoms with E-state index in [0.717, 1.165) is 45.8 Å². The number of methoxy groups -OCH3 is 1. The SMILES string of the molecule is COc1cc(/C=N\NC(=S)NCCCN2CCOCC2)ccc1OC(F)F. The van der Waals surface area contributed by atoms with E-state index in [1.165, 1.54) is 19.4 Å². The van der Waals surface area contributed by atoms with E-state index in [1.54, 1.807) is 12.1 Å². The summed E-state index contributed by atoms with van der Waals surface area (Å²) >= 11 is 5.16. The summed E-state index contributed by atoms with van der Waals surface area (Å²) < 4.78 is 39.4. The minimum absolute atomic E-state index is 0.0323. The lowest BCUT2D eigenvalue weighted by Crippen LogP contribution is -2.39. The molecule has 1 aromatic rings. The molecule has 1 aromatic carbocycles. The van der Waals surface area contributed by atoms with Crippen LogP contribution in [0.1, 0.15) is 12.0 Å². The number of halogens is 2. The number of morpholine rings is 1. The zero-order valence-electron chi connectivity index (χ0n) is 15.1. The third-order valence-electron chi connectivity index (χ3n) is 3.82. The molecule has 27 heavy (non-hydrogen) atoms. The highest BCUT2D eigenvalue weighted by molar-refractivity contribution is 7.80. The third-order valence-corrected chi connectivity index (χ3v) is 4.06. The Hall–Kier alpha value is -2.04. The number of nitrogens with one attached hydrogen (secondary N) is 2. The van der Waals surface area contributed by atoms with E-state index in [1.807, 2.05) is 0 Å². The van der Waals surface area contributed by atoms with Gasteiger partial charge in [0.15, 0.2) is 16.6 Å². The molecule has 1 fully saturated rings. The molecule has 7 nitrogen and oxygen atoms in total. The van der Waals surface area contributed by atoms with Crippen LogP contribution in [-0.4, -0.2) is 69.3 Å². The van der Waals surface area contributed by atoms with Gasteiger partial charge in [0.1, 0.15) is 0 Å². The summed E-state index contributed by atoms with van der Waals surface area (Å²) in [6.45, 7) is 2.35. The number of hydrogen-bond donors (Lipinski definition) is 2. The number of alkyl halides is 2. The standard InChI is InChI=1S/C17H24F2N4O3S/c1-24-15-11-13(3-4-14(15)26-16(18)19)12-21-22-17(27)20-5-2-6-23-7-9-25-10-8-23/h3-4,11-12,16H,2,5-10H2,1H3,(H2,20,22,27)/b21-12-. The van der Waals surface area contributed by atoms with E-state index in [0.29, 0.717) is 10.7 Å². The molecule has 1 aliphatic rings. The molecule has 1 heterocycles. The lowest BCUT2D eigenvalue weighted by atomic mass is 10.2. The highest BCUT2D eigenvalue weighted by Gasteiger charge is 2.11. The van der Waals surface area contributed by atoms with Crippen molar-refractivity contribution in [3.05, 3.63) is 23.8 Å². The average Bonchev–Trinajstić information content (AvgIpc) is 2.66. The van der Waals surface area contributed by atoms with Gasteiger partial charge in [-0.3, -0.25) is 10.3 Å². The van der Waals surface area contributed by atoms with Gasteiger partial charge >= 0.3 is 6.61 Å². The van der Waals surface area contributed by atoms with Crippen LogP contribution < -0.4 is 20.2 Å². The first-order valence-electron chi connectivity index (χ1n) is 8.58. The molecular weight excluding hydrogens is 378 g/mol. The number of thiocarbonyl (C=S) groups is 1. The maximum atomic E-state index is 12.3. The third kappa shape index (κ3) is 8.02. The van der Waals surface area contributed by atoms with Gasteiger partial charge in [-0.2, -0.15) is 13.9 Å². The van der Waals surface area contributed by atoms with Crippen LogP contribution in [0.15, 0.2) is 23.3 Å². The summed E-state index contributed by atoms with van der Waals surface area (Å²) in [6.07, 6.45) is 2.48. The lowest BCUT2D eigenvalue weighted by molar-refractivity contribution is -0.0512. The number of benzene rings is 1. The monoisotopic (exact) mass is 402 g/mol. The first kappa shape index (κ1) is 21.3. The van der Waals surface area contributed by atoms with Crippen molar-refractivity contribution in [2.45, 2.75) is 13.0 Å². The fraction of sp³-hybridized carbons (Fsp3) is 0.529. The minimum Gasteiger partial charge on any atom is -0.493 e. The molecule has 2 rings (SSSR count). The molecule has 2 N–H and O–H groups in total. The zero-order chi connectivity index (χ0) is 19.5. The van der Waals surface area contributed by atoms with E-state index in [9.17, 15) is 8.78 Å². The van der Waals surface area contributed by atoms with Gasteiger partial charge in [0, 0.05) is 19.6 Å². The molecule has 10 heteroatoms. The van der Waals surface area contributed by atoms with Crippen LogP contribution in [0.4, 0.5) is 8.78 Å². The number of hydrogen-bond acceptors (Lipinski definition) is 6. The van der Waals surface area contributed by atoms with Gasteiger partial charge in [-0.1, -0.05) is 0 Å². The molecule has 0 radical (unpaired) electrons. The van der Waals surface area contributed by atoms with Crippen molar-refractivity contribution >= 4 is 23.5 Å². The summed E-state index contributed by atoms with van der Waals surface area (Å²) in [5.41, 5.74) is 3.37. The Bertz CT molecular complexity index is 628. The van der Waals surface area contributed by atoms with Crippen molar-refractivity contribution in [1.29, 1.82) is 0 Å².